The van der Waals surface area contributed by atoms with Crippen LogP contribution in [0, 0.1) is 0 Å². The molecule has 0 saturated carbocycles. The van der Waals surface area contributed by atoms with Crippen LogP contribution in [0.5, 0.6) is 0 Å². The van der Waals surface area contributed by atoms with Crippen LogP contribution in [0.4, 0.5) is 5.69 Å². The quantitative estimate of drug-likeness (QED) is 0.543. The average Bonchev–Trinajstić information content (AvgIpc) is 2.82. The lowest BCUT2D eigenvalue weighted by Gasteiger charge is -2.35. The zero-order chi connectivity index (χ0) is 25.1. The van der Waals surface area contributed by atoms with Crippen molar-refractivity contribution in [2.45, 2.75) is 4.90 Å². The van der Waals surface area contributed by atoms with Crippen LogP contribution in [-0.2, 0) is 24.8 Å². The minimum atomic E-state index is -3.79. The summed E-state index contributed by atoms with van der Waals surface area (Å²) in [4.78, 5) is 28.0. The van der Waals surface area contributed by atoms with E-state index in [4.69, 9.17) is 0 Å². The van der Waals surface area contributed by atoms with Gasteiger partial charge in [0, 0.05) is 45.8 Å². The van der Waals surface area contributed by atoms with Crippen molar-refractivity contribution in [3.8, 4) is 0 Å². The monoisotopic (exact) mass is 508 g/mol. The zero-order valence-corrected chi connectivity index (χ0v) is 20.9. The Bertz CT molecular complexity index is 1240. The van der Waals surface area contributed by atoms with Crippen LogP contribution in [0.25, 0.3) is 0 Å². The van der Waals surface area contributed by atoms with Gasteiger partial charge in [-0.3, -0.25) is 13.9 Å². The van der Waals surface area contributed by atoms with Gasteiger partial charge in [-0.1, -0.05) is 18.2 Å². The predicted octanol–water partition coefficient (Wildman–Crippen LogP) is 0.688. The number of hydrogen-bond donors (Lipinski definition) is 0. The molecular formula is C22H28N4O6S2. The highest BCUT2D eigenvalue weighted by molar-refractivity contribution is 7.92. The van der Waals surface area contributed by atoms with Gasteiger partial charge < -0.3 is 9.80 Å². The second-order valence-electron chi connectivity index (χ2n) is 8.11. The largest absolute Gasteiger partial charge is 0.345 e. The molecule has 3 rings (SSSR count). The highest BCUT2D eigenvalue weighted by Crippen LogP contribution is 2.21. The summed E-state index contributed by atoms with van der Waals surface area (Å²) in [5, 5.41) is 0. The molecule has 184 valence electrons. The van der Waals surface area contributed by atoms with E-state index in [2.05, 4.69) is 0 Å². The first-order valence-corrected chi connectivity index (χ1v) is 13.8. The molecule has 2 aromatic rings. The van der Waals surface area contributed by atoms with Crippen molar-refractivity contribution in [2.75, 3.05) is 57.4 Å². The van der Waals surface area contributed by atoms with Crippen LogP contribution in [0.1, 0.15) is 10.4 Å². The number of rotatable bonds is 7. The maximum atomic E-state index is 12.9. The maximum Gasteiger partial charge on any atom is 0.253 e. The highest BCUT2D eigenvalue weighted by atomic mass is 32.2. The summed E-state index contributed by atoms with van der Waals surface area (Å²) in [5.41, 5.74) is 0.653. The number of benzene rings is 2. The number of carbonyl (C=O) groups is 2. The molecule has 0 atom stereocenters. The lowest BCUT2D eigenvalue weighted by Crippen LogP contribution is -2.53. The summed E-state index contributed by atoms with van der Waals surface area (Å²) in [6, 6.07) is 14.1. The van der Waals surface area contributed by atoms with E-state index in [9.17, 15) is 26.4 Å². The number of sulfonamides is 2. The van der Waals surface area contributed by atoms with Crippen LogP contribution in [0.15, 0.2) is 59.5 Å². The van der Waals surface area contributed by atoms with Crippen LogP contribution >= 0.6 is 0 Å². The first kappa shape index (κ1) is 25.7. The normalized spacial score (nSPS) is 15.1. The molecule has 1 heterocycles. The molecule has 1 aliphatic heterocycles. The molecule has 1 saturated heterocycles. The first-order chi connectivity index (χ1) is 15.9. The number of amides is 2. The second kappa shape index (κ2) is 10.1. The van der Waals surface area contributed by atoms with Crippen molar-refractivity contribution in [1.82, 2.24) is 14.1 Å². The lowest BCUT2D eigenvalue weighted by atomic mass is 10.2. The summed E-state index contributed by atoms with van der Waals surface area (Å²) in [7, 11) is -4.22. The topological polar surface area (TPSA) is 115 Å². The van der Waals surface area contributed by atoms with E-state index < -0.39 is 32.5 Å². The number of nitrogens with zero attached hydrogens (tertiary/aromatic N) is 4. The molecule has 10 nitrogen and oxygen atoms in total. The molecule has 34 heavy (non-hydrogen) atoms. The van der Waals surface area contributed by atoms with Crippen molar-refractivity contribution in [3.63, 3.8) is 0 Å². The van der Waals surface area contributed by atoms with Crippen molar-refractivity contribution in [2.24, 2.45) is 0 Å². The summed E-state index contributed by atoms with van der Waals surface area (Å²) in [6.45, 7) is 0.106. The Hall–Kier alpha value is -2.96. The van der Waals surface area contributed by atoms with Gasteiger partial charge in [0.15, 0.2) is 0 Å². The van der Waals surface area contributed by atoms with E-state index in [1.165, 1.54) is 50.5 Å². The van der Waals surface area contributed by atoms with Crippen molar-refractivity contribution in [3.05, 3.63) is 60.2 Å². The van der Waals surface area contributed by atoms with Gasteiger partial charge in [-0.05, 0) is 36.4 Å². The third-order valence-corrected chi connectivity index (χ3v) is 8.51. The lowest BCUT2D eigenvalue weighted by molar-refractivity contribution is -0.130. The predicted molar refractivity (Wildman–Crippen MR) is 128 cm³/mol. The van der Waals surface area contributed by atoms with Gasteiger partial charge >= 0.3 is 0 Å². The number of anilines is 1. The molecule has 1 fully saturated rings. The highest BCUT2D eigenvalue weighted by Gasteiger charge is 2.31. The van der Waals surface area contributed by atoms with E-state index >= 15 is 0 Å². The number of carbonyl (C=O) groups excluding carboxylic acids is 2. The van der Waals surface area contributed by atoms with E-state index in [1.807, 2.05) is 0 Å². The Labute approximate surface area is 200 Å². The molecule has 0 spiro atoms. The summed E-state index contributed by atoms with van der Waals surface area (Å²) in [5.74, 6) is -0.660. The SMILES string of the molecule is CN(C)C(=O)c1ccc(N(CC(=O)N2CCN(S(=O)(=O)c3ccccc3)CC2)S(C)(=O)=O)cc1. The van der Waals surface area contributed by atoms with Crippen molar-refractivity contribution < 1.29 is 26.4 Å². The molecule has 0 aliphatic carbocycles. The Kier molecular flexibility index (Phi) is 7.64. The molecule has 0 N–H and O–H groups in total. The molecule has 1 aliphatic rings. The van der Waals surface area contributed by atoms with E-state index in [-0.39, 0.29) is 42.7 Å². The minimum absolute atomic E-state index is 0.114. The number of piperazine rings is 1. The van der Waals surface area contributed by atoms with E-state index in [0.717, 1.165) is 10.6 Å². The van der Waals surface area contributed by atoms with Gasteiger partial charge in [0.25, 0.3) is 5.91 Å². The van der Waals surface area contributed by atoms with Gasteiger partial charge in [-0.25, -0.2) is 16.8 Å². The van der Waals surface area contributed by atoms with Crippen LogP contribution < -0.4 is 4.31 Å². The van der Waals surface area contributed by atoms with Crippen LogP contribution in [-0.4, -0.2) is 95.8 Å². The summed E-state index contributed by atoms with van der Waals surface area (Å²) >= 11 is 0. The van der Waals surface area contributed by atoms with E-state index in [1.54, 1.807) is 32.3 Å². The molecule has 0 unspecified atom stereocenters. The number of hydrogen-bond acceptors (Lipinski definition) is 6. The fraction of sp³-hybridized carbons (Fsp3) is 0.364. The Morgan fingerprint density at radius 3 is 1.91 bits per heavy atom. The Morgan fingerprint density at radius 2 is 1.41 bits per heavy atom. The van der Waals surface area contributed by atoms with Gasteiger partial charge in [0.05, 0.1) is 16.8 Å². The molecule has 12 heteroatoms. The van der Waals surface area contributed by atoms with Crippen LogP contribution in [0.2, 0.25) is 0 Å². The second-order valence-corrected chi connectivity index (χ2v) is 12.0. The van der Waals surface area contributed by atoms with Gasteiger partial charge in [0.1, 0.15) is 6.54 Å². The van der Waals surface area contributed by atoms with Crippen molar-refractivity contribution >= 4 is 37.5 Å². The average molecular weight is 509 g/mol. The molecule has 2 amide bonds. The molecule has 2 aromatic carbocycles. The van der Waals surface area contributed by atoms with Crippen LogP contribution in [0.3, 0.4) is 0 Å². The molecule has 0 bridgehead atoms. The Morgan fingerprint density at radius 1 is 0.853 bits per heavy atom. The molecular weight excluding hydrogens is 480 g/mol. The molecule has 0 aromatic heterocycles. The third kappa shape index (κ3) is 5.75. The third-order valence-electron chi connectivity index (χ3n) is 5.46. The minimum Gasteiger partial charge on any atom is -0.345 e. The maximum absolute atomic E-state index is 12.9. The fourth-order valence-electron chi connectivity index (χ4n) is 3.57. The Balaban J connectivity index is 1.69. The fourth-order valence-corrected chi connectivity index (χ4v) is 5.86. The van der Waals surface area contributed by atoms with Crippen molar-refractivity contribution in [1.29, 1.82) is 0 Å². The van der Waals surface area contributed by atoms with E-state index in [0.29, 0.717) is 5.56 Å². The van der Waals surface area contributed by atoms with Gasteiger partial charge in [-0.15, -0.1) is 0 Å². The zero-order valence-electron chi connectivity index (χ0n) is 19.3. The summed E-state index contributed by atoms with van der Waals surface area (Å²) in [6.07, 6.45) is 1.00. The first-order valence-electron chi connectivity index (χ1n) is 10.5. The standard InChI is InChI=1S/C22H28N4O6S2/c1-23(2)22(28)18-9-11-19(12-10-18)26(33(3,29)30)17-21(27)24-13-15-25(16-14-24)34(31,32)20-7-5-4-6-8-20/h4-12H,13-17H2,1-3H3. The smallest absolute Gasteiger partial charge is 0.253 e. The van der Waals surface area contributed by atoms with Gasteiger partial charge in [0.2, 0.25) is 26.0 Å². The summed E-state index contributed by atoms with van der Waals surface area (Å²) < 4.78 is 52.7. The van der Waals surface area contributed by atoms with Gasteiger partial charge in [-0.2, -0.15) is 4.31 Å². The molecule has 0 radical (unpaired) electrons.